The lowest BCUT2D eigenvalue weighted by Gasteiger charge is -2.15. The summed E-state index contributed by atoms with van der Waals surface area (Å²) in [6.07, 6.45) is 2.57. The topological polar surface area (TPSA) is 61.4 Å². The lowest BCUT2D eigenvalue weighted by molar-refractivity contribution is -0.122. The van der Waals surface area contributed by atoms with Crippen LogP contribution in [0.15, 0.2) is 12.1 Å². The molecule has 0 bridgehead atoms. The van der Waals surface area contributed by atoms with Crippen molar-refractivity contribution in [3.63, 3.8) is 0 Å². The lowest BCUT2D eigenvalue weighted by Crippen LogP contribution is -2.42. The van der Waals surface area contributed by atoms with E-state index in [9.17, 15) is 13.6 Å². The highest BCUT2D eigenvalue weighted by Crippen LogP contribution is 2.21. The van der Waals surface area contributed by atoms with Crippen LogP contribution in [0.3, 0.4) is 0 Å². The molecular formula is C13H16F2N2O2. The van der Waals surface area contributed by atoms with Gasteiger partial charge in [0.25, 0.3) is 0 Å². The Bertz CT molecular complexity index is 457. The molecule has 1 aliphatic heterocycles. The summed E-state index contributed by atoms with van der Waals surface area (Å²) in [4.78, 5) is 11.7. The van der Waals surface area contributed by atoms with Crippen molar-refractivity contribution < 1.29 is 18.7 Å². The number of phenolic OH excluding ortho intramolecular Hbond substituents is 1. The highest BCUT2D eigenvalue weighted by molar-refractivity contribution is 5.81. The van der Waals surface area contributed by atoms with Crippen molar-refractivity contribution in [2.24, 2.45) is 0 Å². The van der Waals surface area contributed by atoms with Gasteiger partial charge in [0, 0.05) is 13.1 Å². The number of phenols is 1. The third-order valence-electron chi connectivity index (χ3n) is 3.16. The first-order valence-corrected chi connectivity index (χ1v) is 6.26. The maximum absolute atomic E-state index is 13.2. The summed E-state index contributed by atoms with van der Waals surface area (Å²) < 4.78 is 26.3. The largest absolute Gasteiger partial charge is 0.503 e. The van der Waals surface area contributed by atoms with E-state index in [0.29, 0.717) is 18.5 Å². The summed E-state index contributed by atoms with van der Waals surface area (Å²) in [5, 5.41) is 14.7. The fraction of sp³-hybridized carbons (Fsp3) is 0.462. The average Bonchev–Trinajstić information content (AvgIpc) is 2.58. The Kier molecular flexibility index (Phi) is 4.31. The van der Waals surface area contributed by atoms with Crippen LogP contribution < -0.4 is 10.6 Å². The van der Waals surface area contributed by atoms with Crippen LogP contribution in [0.5, 0.6) is 5.75 Å². The van der Waals surface area contributed by atoms with E-state index in [0.717, 1.165) is 25.0 Å². The molecule has 2 rings (SSSR count). The molecule has 1 aromatic rings. The minimum absolute atomic E-state index is 0.0859. The molecule has 1 heterocycles. The van der Waals surface area contributed by atoms with E-state index < -0.39 is 17.4 Å². The Morgan fingerprint density at radius 1 is 1.32 bits per heavy atom. The Labute approximate surface area is 109 Å². The van der Waals surface area contributed by atoms with Crippen LogP contribution in [-0.4, -0.2) is 23.6 Å². The molecule has 3 N–H and O–H groups in total. The number of aromatic hydroxyl groups is 1. The zero-order valence-corrected chi connectivity index (χ0v) is 10.4. The van der Waals surface area contributed by atoms with Crippen LogP contribution >= 0.6 is 0 Å². The Balaban J connectivity index is 2.00. The smallest absolute Gasteiger partial charge is 0.237 e. The number of nitrogens with one attached hydrogen (secondary N) is 2. The first-order valence-electron chi connectivity index (χ1n) is 6.26. The minimum atomic E-state index is -0.998. The number of hydrogen-bond acceptors (Lipinski definition) is 3. The number of hydrogen-bond donors (Lipinski definition) is 3. The standard InChI is InChI=1S/C13H16F2N2O2/c14-9-5-8(6-10(15)12(9)18)7-17-11-3-1-2-4-16-13(11)19/h5-6,11,17-18H,1-4,7H2,(H,16,19). The second-order valence-electron chi connectivity index (χ2n) is 4.63. The number of carbonyl (C=O) groups is 1. The molecule has 1 fully saturated rings. The molecule has 1 aromatic carbocycles. The van der Waals surface area contributed by atoms with Crippen LogP contribution in [-0.2, 0) is 11.3 Å². The number of carbonyl (C=O) groups excluding carboxylic acids is 1. The van der Waals surface area contributed by atoms with Gasteiger partial charge in [-0.05, 0) is 37.0 Å². The SMILES string of the molecule is O=C1NCCCCC1NCc1cc(F)c(O)c(F)c1. The first kappa shape index (κ1) is 13.7. The van der Waals surface area contributed by atoms with E-state index >= 15 is 0 Å². The second kappa shape index (κ2) is 5.97. The molecule has 6 heteroatoms. The molecule has 104 valence electrons. The molecule has 0 spiro atoms. The fourth-order valence-corrected chi connectivity index (χ4v) is 2.10. The van der Waals surface area contributed by atoms with Crippen molar-refractivity contribution in [2.45, 2.75) is 31.8 Å². The molecule has 1 unspecified atom stereocenters. The highest BCUT2D eigenvalue weighted by atomic mass is 19.1. The predicted octanol–water partition coefficient (Wildman–Crippen LogP) is 1.43. The summed E-state index contributed by atoms with van der Waals surface area (Å²) in [5.41, 5.74) is 0.352. The van der Waals surface area contributed by atoms with Crippen molar-refractivity contribution in [1.82, 2.24) is 10.6 Å². The van der Waals surface area contributed by atoms with E-state index in [-0.39, 0.29) is 18.5 Å². The van der Waals surface area contributed by atoms with E-state index in [1.165, 1.54) is 0 Å². The summed E-state index contributed by atoms with van der Waals surface area (Å²) in [7, 11) is 0. The van der Waals surface area contributed by atoms with Gasteiger partial charge in [-0.25, -0.2) is 8.78 Å². The molecule has 0 radical (unpaired) electrons. The number of benzene rings is 1. The molecule has 4 nitrogen and oxygen atoms in total. The maximum Gasteiger partial charge on any atom is 0.237 e. The Morgan fingerprint density at radius 3 is 2.68 bits per heavy atom. The summed E-state index contributed by atoms with van der Waals surface area (Å²) in [6, 6.07) is 1.77. The van der Waals surface area contributed by atoms with Crippen molar-refractivity contribution in [3.05, 3.63) is 29.3 Å². The van der Waals surface area contributed by atoms with Gasteiger partial charge in [0.15, 0.2) is 17.4 Å². The maximum atomic E-state index is 13.2. The molecule has 1 saturated heterocycles. The second-order valence-corrected chi connectivity index (χ2v) is 4.63. The van der Waals surface area contributed by atoms with Crippen LogP contribution in [0.1, 0.15) is 24.8 Å². The molecular weight excluding hydrogens is 254 g/mol. The molecule has 19 heavy (non-hydrogen) atoms. The van der Waals surface area contributed by atoms with Gasteiger partial charge in [0.05, 0.1) is 6.04 Å². The van der Waals surface area contributed by atoms with Gasteiger partial charge in [0.1, 0.15) is 0 Å². The van der Waals surface area contributed by atoms with Gasteiger partial charge in [-0.1, -0.05) is 0 Å². The van der Waals surface area contributed by atoms with E-state index in [1.807, 2.05) is 0 Å². The van der Waals surface area contributed by atoms with Gasteiger partial charge in [0.2, 0.25) is 5.91 Å². The van der Waals surface area contributed by atoms with Gasteiger partial charge < -0.3 is 15.7 Å². The molecule has 0 aromatic heterocycles. The van der Waals surface area contributed by atoms with Gasteiger partial charge >= 0.3 is 0 Å². The van der Waals surface area contributed by atoms with Crippen LogP contribution in [0.4, 0.5) is 8.78 Å². The lowest BCUT2D eigenvalue weighted by atomic mass is 10.1. The molecule has 1 amide bonds. The average molecular weight is 270 g/mol. The molecule has 1 aliphatic rings. The first-order chi connectivity index (χ1) is 9.08. The third-order valence-corrected chi connectivity index (χ3v) is 3.16. The highest BCUT2D eigenvalue weighted by Gasteiger charge is 2.20. The van der Waals surface area contributed by atoms with E-state index in [2.05, 4.69) is 10.6 Å². The number of amides is 1. The summed E-state index contributed by atoms with van der Waals surface area (Å²) in [5.74, 6) is -3.06. The van der Waals surface area contributed by atoms with Crippen molar-refractivity contribution >= 4 is 5.91 Å². The monoisotopic (exact) mass is 270 g/mol. The van der Waals surface area contributed by atoms with Gasteiger partial charge in [-0.2, -0.15) is 0 Å². The predicted molar refractivity (Wildman–Crippen MR) is 65.5 cm³/mol. The Morgan fingerprint density at radius 2 is 2.00 bits per heavy atom. The summed E-state index contributed by atoms with van der Waals surface area (Å²) >= 11 is 0. The molecule has 0 aliphatic carbocycles. The fourth-order valence-electron chi connectivity index (χ4n) is 2.10. The Hall–Kier alpha value is -1.69. The van der Waals surface area contributed by atoms with Crippen LogP contribution in [0.2, 0.25) is 0 Å². The third kappa shape index (κ3) is 3.41. The van der Waals surface area contributed by atoms with Gasteiger partial charge in [-0.3, -0.25) is 4.79 Å². The van der Waals surface area contributed by atoms with Crippen LogP contribution in [0.25, 0.3) is 0 Å². The molecule has 1 atom stereocenters. The van der Waals surface area contributed by atoms with Gasteiger partial charge in [-0.15, -0.1) is 0 Å². The number of halogens is 2. The molecule has 0 saturated carbocycles. The minimum Gasteiger partial charge on any atom is -0.503 e. The summed E-state index contributed by atoms with van der Waals surface area (Å²) in [6.45, 7) is 0.839. The normalized spacial score (nSPS) is 19.9. The van der Waals surface area contributed by atoms with E-state index in [1.54, 1.807) is 0 Å². The van der Waals surface area contributed by atoms with Crippen molar-refractivity contribution in [1.29, 1.82) is 0 Å². The zero-order valence-electron chi connectivity index (χ0n) is 10.4. The number of rotatable bonds is 3. The van der Waals surface area contributed by atoms with Crippen molar-refractivity contribution in [2.75, 3.05) is 6.54 Å². The quantitative estimate of drug-likeness (QED) is 0.778. The van der Waals surface area contributed by atoms with Crippen molar-refractivity contribution in [3.8, 4) is 5.75 Å². The van der Waals surface area contributed by atoms with Crippen LogP contribution in [0, 0.1) is 11.6 Å². The van der Waals surface area contributed by atoms with E-state index in [4.69, 9.17) is 5.11 Å². The zero-order chi connectivity index (χ0) is 13.8.